The zero-order valence-corrected chi connectivity index (χ0v) is 31.0. The fourth-order valence-corrected chi connectivity index (χ4v) is 7.42. The molecule has 14 nitrogen and oxygen atoms in total. The number of fused-ring (bicyclic) bond motifs is 20. The number of hydrogen-bond donors (Lipinski definition) is 4. The molecule has 1 radical (unpaired) electrons. The minimum Gasteiger partial charge on any atom is -0.512 e. The van der Waals surface area contributed by atoms with Gasteiger partial charge in [0.15, 0.2) is 0 Å². The van der Waals surface area contributed by atoms with E-state index >= 15 is 0 Å². The van der Waals surface area contributed by atoms with Crippen LogP contribution in [0.15, 0.2) is 91.0 Å². The number of nitrogens with zero attached hydrogens (tertiary/aromatic N) is 9. The van der Waals surface area contributed by atoms with E-state index in [0.717, 1.165) is 30.4 Å². The van der Waals surface area contributed by atoms with Gasteiger partial charge in [-0.2, -0.15) is 0 Å². The second-order valence-corrected chi connectivity index (χ2v) is 13.8. The van der Waals surface area contributed by atoms with Crippen molar-refractivity contribution in [1.29, 1.82) is 0 Å². The molecule has 0 spiro atoms. The first kappa shape index (κ1) is 35.7. The molecule has 1 amide bonds. The van der Waals surface area contributed by atoms with Crippen LogP contribution in [0.5, 0.6) is 11.5 Å². The molecule has 7 aromatic rings. The smallest absolute Gasteiger partial charge is 0.512 e. The molecule has 0 unspecified atom stereocenters. The molecule has 0 atom stereocenters. The second-order valence-electron chi connectivity index (χ2n) is 13.8. The number of phenols is 2. The Hall–Kier alpha value is -6.97. The van der Waals surface area contributed by atoms with E-state index in [1.165, 1.54) is 0 Å². The first-order chi connectivity index (χ1) is 27.4. The molecule has 15 heteroatoms. The van der Waals surface area contributed by atoms with E-state index in [4.69, 9.17) is 39.9 Å². The van der Waals surface area contributed by atoms with Gasteiger partial charge < -0.3 is 50.5 Å². The van der Waals surface area contributed by atoms with E-state index in [9.17, 15) is 20.1 Å². The van der Waals surface area contributed by atoms with E-state index in [1.54, 1.807) is 60.8 Å². The number of carbonyl (C=O) groups excluding carboxylic acids is 1. The van der Waals surface area contributed by atoms with Gasteiger partial charge in [-0.25, -0.2) is 9.97 Å². The molecule has 2 aliphatic heterocycles. The number of carbonyl (C=O) groups is 1. The van der Waals surface area contributed by atoms with E-state index in [-0.39, 0.29) is 69.3 Å². The quantitative estimate of drug-likeness (QED) is 0.141. The average molecular weight is 798 g/mol. The minimum absolute atomic E-state index is 0. The van der Waals surface area contributed by atoms with Crippen molar-refractivity contribution in [2.75, 3.05) is 6.54 Å². The molecule has 0 fully saturated rings. The maximum Gasteiger partial charge on any atom is 2.00 e. The van der Waals surface area contributed by atoms with Gasteiger partial charge in [-0.3, -0.25) is 9.78 Å². The van der Waals surface area contributed by atoms with Gasteiger partial charge >= 0.3 is 16.8 Å². The van der Waals surface area contributed by atoms with Crippen molar-refractivity contribution in [2.24, 2.45) is 0 Å². The fourth-order valence-electron chi connectivity index (χ4n) is 7.42. The van der Waals surface area contributed by atoms with Crippen LogP contribution in [-0.2, 0) is 36.0 Å². The number of aromatic nitrogens is 9. The number of hydrogen-bond acceptors (Lipinski definition) is 11. The number of aliphatic hydroxyl groups is 1. The van der Waals surface area contributed by atoms with Crippen molar-refractivity contribution in [1.82, 2.24) is 50.2 Å². The number of rotatable bonds is 6. The topological polar surface area (TPSA) is 208 Å². The number of phenolic OH excluding ortho intramolecular Hbond substituents is 2. The summed E-state index contributed by atoms with van der Waals surface area (Å²) in [5, 5.41) is 35.8. The first-order valence-corrected chi connectivity index (χ1v) is 18.1. The maximum atomic E-state index is 13.9. The van der Waals surface area contributed by atoms with Crippen LogP contribution in [0.1, 0.15) is 39.9 Å². The van der Waals surface area contributed by atoms with E-state index in [2.05, 4.69) is 10.3 Å². The van der Waals surface area contributed by atoms with Gasteiger partial charge in [-0.15, -0.1) is 0 Å². The Labute approximate surface area is 334 Å². The van der Waals surface area contributed by atoms with Crippen molar-refractivity contribution in [3.63, 3.8) is 0 Å². The summed E-state index contributed by atoms with van der Waals surface area (Å²) in [6.45, 7) is 0.469. The monoisotopic (exact) mass is 797 g/mol. The van der Waals surface area contributed by atoms with E-state index in [0.29, 0.717) is 80.1 Å². The molecule has 3 aliphatic rings. The van der Waals surface area contributed by atoms with Crippen molar-refractivity contribution in [3.05, 3.63) is 113 Å². The summed E-state index contributed by atoms with van der Waals surface area (Å²) in [4.78, 5) is 57.1. The molecule has 10 rings (SSSR count). The third kappa shape index (κ3) is 6.41. The van der Waals surface area contributed by atoms with Crippen LogP contribution in [0.25, 0.3) is 78.9 Å². The number of benzene rings is 3. The summed E-state index contributed by atoms with van der Waals surface area (Å²) >= 11 is 0. The van der Waals surface area contributed by atoms with Crippen molar-refractivity contribution >= 4 is 39.3 Å². The standard InChI is InChI=1S/C42H31N10O4.Co/c53-22-9-12-25-30(17-22)38-46-34(25)45-37-28-7-3-8-29(42(56)44-16-2-1-5-21-6-4-15-43-20-21)33(28)41(52-37)51-36-27-14-11-24(55)19-32(27)40(49-36)50-39-31-18-23(54)10-13-26(31)35(47-38)48-39;/h3-4,6-11,13-15,18-20H,1-2,5,12,16-17H2,(H5-,44,45,46,47,48,49,50,51,52,53,54,55,56);/q-1;+2/p-1. The van der Waals surface area contributed by atoms with Crippen LogP contribution in [0.4, 0.5) is 0 Å². The van der Waals surface area contributed by atoms with Gasteiger partial charge in [0.1, 0.15) is 11.5 Å². The number of nitrogens with one attached hydrogen (secondary N) is 1. The Kier molecular flexibility index (Phi) is 8.94. The Morgan fingerprint density at radius 1 is 0.684 bits per heavy atom. The molecule has 57 heavy (non-hydrogen) atoms. The molecule has 0 saturated carbocycles. The van der Waals surface area contributed by atoms with E-state index in [1.807, 2.05) is 24.4 Å². The van der Waals surface area contributed by atoms with Crippen molar-refractivity contribution in [3.8, 4) is 57.1 Å². The Balaban J connectivity index is 0.00000422. The SMILES string of the molecule is O=C(NCCCCc1cccnc1)c1cccc2c1-c1nc-2nc2[n-]c(nc3nc(nc4[n-]c(n1)c1ccc(O)cc41)-c1cc(O)ccc1-3)c1c2CC=C(O)C1.[Co+2]. The third-order valence-corrected chi connectivity index (χ3v) is 10.1. The minimum atomic E-state index is -0.280. The first-order valence-electron chi connectivity index (χ1n) is 18.1. The summed E-state index contributed by atoms with van der Waals surface area (Å²) in [5.41, 5.74) is 6.42. The van der Waals surface area contributed by atoms with Gasteiger partial charge in [0.05, 0.1) is 29.1 Å². The third-order valence-electron chi connectivity index (χ3n) is 10.1. The molecule has 0 saturated heterocycles. The number of allylic oxidation sites excluding steroid dienone is 2. The van der Waals surface area contributed by atoms with Gasteiger partial charge in [0.2, 0.25) is 0 Å². The van der Waals surface area contributed by atoms with Crippen molar-refractivity contribution < 1.29 is 36.9 Å². The van der Waals surface area contributed by atoms with Crippen LogP contribution in [0, 0.1) is 0 Å². The normalized spacial score (nSPS) is 12.6. The van der Waals surface area contributed by atoms with Gasteiger partial charge in [-0.1, -0.05) is 18.2 Å². The van der Waals surface area contributed by atoms with Gasteiger partial charge in [0.25, 0.3) is 5.91 Å². The Morgan fingerprint density at radius 3 is 2.26 bits per heavy atom. The number of aliphatic hydroxyl groups excluding tert-OH is 1. The number of aromatic hydroxyl groups is 2. The molecule has 4 aromatic heterocycles. The second kappa shape index (κ2) is 14.3. The predicted octanol–water partition coefficient (Wildman–Crippen LogP) is 6.07. The summed E-state index contributed by atoms with van der Waals surface area (Å²) in [6.07, 6.45) is 8.41. The molecule has 6 heterocycles. The summed E-state index contributed by atoms with van der Waals surface area (Å²) in [7, 11) is 0. The van der Waals surface area contributed by atoms with Crippen LogP contribution < -0.4 is 15.3 Å². The molecule has 1 aliphatic carbocycles. The van der Waals surface area contributed by atoms with Crippen LogP contribution in [-0.4, -0.2) is 62.7 Å². The number of aryl methyl sites for hydroxylation is 1. The molecule has 281 valence electrons. The predicted molar refractivity (Wildman–Crippen MR) is 207 cm³/mol. The fraction of sp³-hybridized carbons (Fsp3) is 0.143. The molecular formula is C42H30CoN10O4. The number of pyridine rings is 1. The van der Waals surface area contributed by atoms with Crippen LogP contribution >= 0.6 is 0 Å². The van der Waals surface area contributed by atoms with Crippen LogP contribution in [0.3, 0.4) is 0 Å². The molecule has 3 aromatic carbocycles. The molecular weight excluding hydrogens is 767 g/mol. The summed E-state index contributed by atoms with van der Waals surface area (Å²) in [5.74, 6) is 1.00. The largest absolute Gasteiger partial charge is 2.00 e. The summed E-state index contributed by atoms with van der Waals surface area (Å²) < 4.78 is 0. The number of amides is 1. The maximum absolute atomic E-state index is 13.9. The number of unbranched alkanes of at least 4 members (excludes halogenated alkanes) is 1. The van der Waals surface area contributed by atoms with Gasteiger partial charge in [-0.05, 0) is 108 Å². The molecule has 4 N–H and O–H groups in total. The Morgan fingerprint density at radius 2 is 1.40 bits per heavy atom. The summed E-state index contributed by atoms with van der Waals surface area (Å²) in [6, 6.07) is 18.9. The van der Waals surface area contributed by atoms with Crippen LogP contribution in [0.2, 0.25) is 0 Å². The van der Waals surface area contributed by atoms with Crippen molar-refractivity contribution in [2.45, 2.75) is 32.1 Å². The molecule has 8 bridgehead atoms. The van der Waals surface area contributed by atoms with E-state index < -0.39 is 0 Å². The van der Waals surface area contributed by atoms with Gasteiger partial charge in [0, 0.05) is 75.8 Å². The Bertz CT molecular complexity index is 2980. The average Bonchev–Trinajstić information content (AvgIpc) is 3.92. The zero-order chi connectivity index (χ0) is 37.9. The zero-order valence-electron chi connectivity index (χ0n) is 29.9.